The Bertz CT molecular complexity index is 674. The summed E-state index contributed by atoms with van der Waals surface area (Å²) in [6, 6.07) is 19.5. The molecular formula is C21H25NO3. The van der Waals surface area contributed by atoms with Crippen molar-refractivity contribution in [3.63, 3.8) is 0 Å². The van der Waals surface area contributed by atoms with Crippen LogP contribution >= 0.6 is 0 Å². The molecule has 1 aliphatic rings. The van der Waals surface area contributed by atoms with Crippen LogP contribution in [0.25, 0.3) is 0 Å². The smallest absolute Gasteiger partial charge is 0.226 e. The molecule has 1 N–H and O–H groups in total. The standard InChI is InChI=1S/C21H25NO3/c1-2-18(23)21-19(25-15-17-11-7-4-8-12-17)13-20(24)22(21)14-16-9-5-3-6-10-16/h3-12,18-19,21,23H,2,13-15H2,1H3/t18-,19+,21+/m1/s1. The Morgan fingerprint density at radius 1 is 1.08 bits per heavy atom. The van der Waals surface area contributed by atoms with E-state index in [2.05, 4.69) is 0 Å². The Hall–Kier alpha value is -2.17. The third kappa shape index (κ3) is 4.27. The van der Waals surface area contributed by atoms with Gasteiger partial charge in [0, 0.05) is 6.54 Å². The zero-order valence-electron chi connectivity index (χ0n) is 14.5. The highest BCUT2D eigenvalue weighted by atomic mass is 16.5. The molecule has 4 heteroatoms. The number of nitrogens with zero attached hydrogens (tertiary/aromatic N) is 1. The lowest BCUT2D eigenvalue weighted by molar-refractivity contribution is -0.131. The number of amides is 1. The summed E-state index contributed by atoms with van der Waals surface area (Å²) in [6.45, 7) is 2.89. The van der Waals surface area contributed by atoms with Crippen molar-refractivity contribution in [1.82, 2.24) is 4.90 Å². The minimum Gasteiger partial charge on any atom is -0.391 e. The van der Waals surface area contributed by atoms with Crippen molar-refractivity contribution in [2.24, 2.45) is 0 Å². The summed E-state index contributed by atoms with van der Waals surface area (Å²) in [5.41, 5.74) is 2.13. The number of likely N-dealkylation sites (tertiary alicyclic amines) is 1. The van der Waals surface area contributed by atoms with Crippen molar-refractivity contribution in [2.75, 3.05) is 0 Å². The molecule has 1 saturated heterocycles. The number of hydrogen-bond donors (Lipinski definition) is 1. The van der Waals surface area contributed by atoms with Gasteiger partial charge in [0.15, 0.2) is 0 Å². The molecule has 132 valence electrons. The highest BCUT2D eigenvalue weighted by Gasteiger charge is 2.43. The first-order valence-electron chi connectivity index (χ1n) is 8.86. The molecule has 0 bridgehead atoms. The third-order valence-electron chi connectivity index (χ3n) is 4.75. The van der Waals surface area contributed by atoms with Gasteiger partial charge in [0.1, 0.15) is 0 Å². The van der Waals surface area contributed by atoms with Gasteiger partial charge in [-0.15, -0.1) is 0 Å². The molecule has 4 nitrogen and oxygen atoms in total. The molecule has 25 heavy (non-hydrogen) atoms. The predicted molar refractivity (Wildman–Crippen MR) is 96.7 cm³/mol. The Morgan fingerprint density at radius 2 is 1.68 bits per heavy atom. The number of carbonyl (C=O) groups is 1. The van der Waals surface area contributed by atoms with Crippen LogP contribution in [-0.4, -0.2) is 34.2 Å². The first kappa shape index (κ1) is 17.6. The Morgan fingerprint density at radius 3 is 2.28 bits per heavy atom. The largest absolute Gasteiger partial charge is 0.391 e. The zero-order valence-corrected chi connectivity index (χ0v) is 14.5. The first-order chi connectivity index (χ1) is 12.2. The van der Waals surface area contributed by atoms with Crippen LogP contribution in [0.5, 0.6) is 0 Å². The van der Waals surface area contributed by atoms with E-state index >= 15 is 0 Å². The third-order valence-corrected chi connectivity index (χ3v) is 4.75. The van der Waals surface area contributed by atoms with E-state index in [9.17, 15) is 9.90 Å². The van der Waals surface area contributed by atoms with Crippen molar-refractivity contribution in [1.29, 1.82) is 0 Å². The number of hydrogen-bond acceptors (Lipinski definition) is 3. The van der Waals surface area contributed by atoms with Crippen molar-refractivity contribution < 1.29 is 14.6 Å². The lowest BCUT2D eigenvalue weighted by Gasteiger charge is -2.31. The van der Waals surface area contributed by atoms with Crippen LogP contribution < -0.4 is 0 Å². The van der Waals surface area contributed by atoms with Crippen LogP contribution in [0.1, 0.15) is 30.9 Å². The molecule has 3 atom stereocenters. The van der Waals surface area contributed by atoms with E-state index in [4.69, 9.17) is 4.74 Å². The van der Waals surface area contributed by atoms with Crippen molar-refractivity contribution in [3.8, 4) is 0 Å². The van der Waals surface area contributed by atoms with E-state index in [1.54, 1.807) is 4.90 Å². The molecule has 1 fully saturated rings. The second kappa shape index (κ2) is 8.28. The van der Waals surface area contributed by atoms with Gasteiger partial charge in [0.05, 0.1) is 31.3 Å². The number of aliphatic hydroxyl groups is 1. The summed E-state index contributed by atoms with van der Waals surface area (Å²) in [7, 11) is 0. The van der Waals surface area contributed by atoms with Crippen molar-refractivity contribution >= 4 is 5.91 Å². The molecule has 0 aliphatic carbocycles. The minimum atomic E-state index is -0.587. The molecule has 0 aromatic heterocycles. The summed E-state index contributed by atoms with van der Waals surface area (Å²) < 4.78 is 6.04. The Labute approximate surface area is 149 Å². The molecule has 1 amide bonds. The lowest BCUT2D eigenvalue weighted by Crippen LogP contribution is -2.45. The predicted octanol–water partition coefficient (Wildman–Crippen LogP) is 3.14. The molecule has 2 aromatic rings. The van der Waals surface area contributed by atoms with Gasteiger partial charge in [-0.1, -0.05) is 67.6 Å². The SMILES string of the molecule is CC[C@@H](O)[C@H]1[C@@H](OCc2ccccc2)CC(=O)N1Cc1ccccc1. The average molecular weight is 339 g/mol. The number of carbonyl (C=O) groups excluding carboxylic acids is 1. The maximum atomic E-state index is 12.6. The fourth-order valence-corrected chi connectivity index (χ4v) is 3.38. The normalized spacial score (nSPS) is 21.5. The van der Waals surface area contributed by atoms with Crippen molar-refractivity contribution in [2.45, 2.75) is 51.2 Å². The highest BCUT2D eigenvalue weighted by Crippen LogP contribution is 2.28. The van der Waals surface area contributed by atoms with E-state index in [0.29, 0.717) is 26.0 Å². The molecule has 0 unspecified atom stereocenters. The molecule has 1 heterocycles. The molecule has 0 saturated carbocycles. The lowest BCUT2D eigenvalue weighted by atomic mass is 10.0. The van der Waals surface area contributed by atoms with Crippen LogP contribution in [0.4, 0.5) is 0 Å². The highest BCUT2D eigenvalue weighted by molar-refractivity contribution is 5.80. The van der Waals surface area contributed by atoms with Gasteiger partial charge >= 0.3 is 0 Å². The summed E-state index contributed by atoms with van der Waals surface area (Å²) in [5.74, 6) is 0.0411. The maximum Gasteiger partial charge on any atom is 0.226 e. The van der Waals surface area contributed by atoms with Gasteiger partial charge in [-0.25, -0.2) is 0 Å². The zero-order chi connectivity index (χ0) is 17.6. The average Bonchev–Trinajstić information content (AvgIpc) is 2.96. The number of rotatable bonds is 7. The van der Waals surface area contributed by atoms with E-state index in [0.717, 1.165) is 11.1 Å². The van der Waals surface area contributed by atoms with E-state index < -0.39 is 6.10 Å². The Kier molecular flexibility index (Phi) is 5.84. The van der Waals surface area contributed by atoms with Crippen LogP contribution in [0.2, 0.25) is 0 Å². The van der Waals surface area contributed by atoms with Crippen LogP contribution in [-0.2, 0) is 22.7 Å². The van der Waals surface area contributed by atoms with Gasteiger partial charge in [-0.3, -0.25) is 4.79 Å². The second-order valence-electron chi connectivity index (χ2n) is 6.51. The van der Waals surface area contributed by atoms with Crippen LogP contribution in [0.15, 0.2) is 60.7 Å². The summed E-state index contributed by atoms with van der Waals surface area (Å²) in [4.78, 5) is 14.3. The van der Waals surface area contributed by atoms with Crippen molar-refractivity contribution in [3.05, 3.63) is 71.8 Å². The molecule has 2 aromatic carbocycles. The fourth-order valence-electron chi connectivity index (χ4n) is 3.38. The number of benzene rings is 2. The van der Waals surface area contributed by atoms with E-state index in [-0.39, 0.29) is 18.1 Å². The molecule has 3 rings (SSSR count). The topological polar surface area (TPSA) is 49.8 Å². The summed E-state index contributed by atoms with van der Waals surface area (Å²) >= 11 is 0. The van der Waals surface area contributed by atoms with Crippen LogP contribution in [0, 0.1) is 0 Å². The summed E-state index contributed by atoms with van der Waals surface area (Å²) in [6.07, 6.45) is 0.0397. The maximum absolute atomic E-state index is 12.6. The minimum absolute atomic E-state index is 0.0411. The van der Waals surface area contributed by atoms with E-state index in [1.165, 1.54) is 0 Å². The Balaban J connectivity index is 1.73. The number of ether oxygens (including phenoxy) is 1. The molecule has 0 spiro atoms. The van der Waals surface area contributed by atoms with Gasteiger partial charge in [-0.05, 0) is 17.5 Å². The van der Waals surface area contributed by atoms with Gasteiger partial charge < -0.3 is 14.7 Å². The molecular weight excluding hydrogens is 314 g/mol. The monoisotopic (exact) mass is 339 g/mol. The van der Waals surface area contributed by atoms with Gasteiger partial charge in [0.25, 0.3) is 0 Å². The van der Waals surface area contributed by atoms with E-state index in [1.807, 2.05) is 67.6 Å². The first-order valence-corrected chi connectivity index (χ1v) is 8.86. The summed E-state index contributed by atoms with van der Waals surface area (Å²) in [5, 5.41) is 10.5. The number of aliphatic hydroxyl groups excluding tert-OH is 1. The quantitative estimate of drug-likeness (QED) is 0.843. The second-order valence-corrected chi connectivity index (χ2v) is 6.51. The molecule has 0 radical (unpaired) electrons. The van der Waals surface area contributed by atoms with Gasteiger partial charge in [0.2, 0.25) is 5.91 Å². The fraction of sp³-hybridized carbons (Fsp3) is 0.381. The van der Waals surface area contributed by atoms with Gasteiger partial charge in [-0.2, -0.15) is 0 Å². The van der Waals surface area contributed by atoms with Crippen LogP contribution in [0.3, 0.4) is 0 Å². The molecule has 1 aliphatic heterocycles.